The number of nitrogens with zero attached hydrogens (tertiary/aromatic N) is 2. The third kappa shape index (κ3) is 6.80. The molecule has 1 aromatic rings. The van der Waals surface area contributed by atoms with Gasteiger partial charge in [-0.1, -0.05) is 18.2 Å². The Morgan fingerprint density at radius 1 is 1.18 bits per heavy atom. The summed E-state index contributed by atoms with van der Waals surface area (Å²) in [5, 5.41) is 0. The molecule has 5 nitrogen and oxygen atoms in total. The van der Waals surface area contributed by atoms with E-state index in [1.54, 1.807) is 4.90 Å². The average Bonchev–Trinajstić information content (AvgIpc) is 2.37. The van der Waals surface area contributed by atoms with E-state index in [0.717, 1.165) is 18.5 Å². The Balaban J connectivity index is 2.77. The molecule has 0 fully saturated rings. The molecule has 1 amide bonds. The fourth-order valence-corrected chi connectivity index (χ4v) is 2.02. The van der Waals surface area contributed by atoms with E-state index in [-0.39, 0.29) is 6.09 Å². The van der Waals surface area contributed by atoms with Crippen LogP contribution in [0.15, 0.2) is 24.3 Å². The van der Waals surface area contributed by atoms with Crippen LogP contribution in [0.5, 0.6) is 0 Å². The van der Waals surface area contributed by atoms with E-state index in [9.17, 15) is 4.79 Å². The molecule has 0 radical (unpaired) electrons. The minimum atomic E-state index is -0.501. The maximum Gasteiger partial charge on any atom is 0.410 e. The number of carbonyl (C=O) groups excluding carboxylic acids is 1. The van der Waals surface area contributed by atoms with E-state index in [1.807, 2.05) is 59.1 Å². The van der Waals surface area contributed by atoms with Gasteiger partial charge >= 0.3 is 6.09 Å². The molecular weight excluding hydrogens is 278 g/mol. The zero-order valence-corrected chi connectivity index (χ0v) is 14.4. The van der Waals surface area contributed by atoms with Crippen molar-refractivity contribution in [2.45, 2.75) is 39.3 Å². The highest BCUT2D eigenvalue weighted by Crippen LogP contribution is 2.17. The largest absolute Gasteiger partial charge is 0.444 e. The molecule has 0 saturated carbocycles. The summed E-state index contributed by atoms with van der Waals surface area (Å²) in [6, 6.07) is 7.61. The highest BCUT2D eigenvalue weighted by atomic mass is 16.6. The summed E-state index contributed by atoms with van der Waals surface area (Å²) in [7, 11) is 4.04. The summed E-state index contributed by atoms with van der Waals surface area (Å²) in [6.07, 6.45) is 0.591. The molecule has 0 aliphatic heterocycles. The molecule has 0 atom stereocenters. The van der Waals surface area contributed by atoms with Crippen molar-refractivity contribution in [1.29, 1.82) is 0 Å². The van der Waals surface area contributed by atoms with Gasteiger partial charge < -0.3 is 20.3 Å². The first-order valence-corrected chi connectivity index (χ1v) is 7.65. The Labute approximate surface area is 134 Å². The second-order valence-electron chi connectivity index (χ2n) is 6.76. The van der Waals surface area contributed by atoms with Gasteiger partial charge in [-0.25, -0.2) is 4.79 Å². The van der Waals surface area contributed by atoms with Crippen LogP contribution in [0.3, 0.4) is 0 Å². The summed E-state index contributed by atoms with van der Waals surface area (Å²) in [5.41, 5.74) is 7.13. The second-order valence-corrected chi connectivity index (χ2v) is 6.76. The van der Waals surface area contributed by atoms with Crippen molar-refractivity contribution in [2.24, 2.45) is 0 Å². The SMILES string of the molecule is CN(C)CCCN(Cc1ccccc1N)C(=O)OC(C)(C)C. The van der Waals surface area contributed by atoms with Crippen LogP contribution >= 0.6 is 0 Å². The number of carbonyl (C=O) groups is 1. The summed E-state index contributed by atoms with van der Waals surface area (Å²) < 4.78 is 5.50. The van der Waals surface area contributed by atoms with Crippen LogP contribution in [-0.2, 0) is 11.3 Å². The van der Waals surface area contributed by atoms with Gasteiger partial charge in [-0.15, -0.1) is 0 Å². The Kier molecular flexibility index (Phi) is 6.68. The van der Waals surface area contributed by atoms with Gasteiger partial charge in [0.05, 0.1) is 6.54 Å². The van der Waals surface area contributed by atoms with Gasteiger partial charge in [0.25, 0.3) is 0 Å². The van der Waals surface area contributed by atoms with Crippen molar-refractivity contribution in [3.05, 3.63) is 29.8 Å². The summed E-state index contributed by atoms with van der Waals surface area (Å²) in [4.78, 5) is 16.2. The Morgan fingerprint density at radius 3 is 2.36 bits per heavy atom. The van der Waals surface area contributed by atoms with E-state index in [0.29, 0.717) is 18.8 Å². The zero-order valence-electron chi connectivity index (χ0n) is 14.4. The Morgan fingerprint density at radius 2 is 1.82 bits per heavy atom. The Hall–Kier alpha value is -1.75. The number of amides is 1. The first-order chi connectivity index (χ1) is 10.2. The fourth-order valence-electron chi connectivity index (χ4n) is 2.02. The molecule has 2 N–H and O–H groups in total. The van der Waals surface area contributed by atoms with E-state index in [1.165, 1.54) is 0 Å². The lowest BCUT2D eigenvalue weighted by Crippen LogP contribution is -2.38. The van der Waals surface area contributed by atoms with Crippen molar-refractivity contribution in [2.75, 3.05) is 32.9 Å². The standard InChI is InChI=1S/C17H29N3O2/c1-17(2,3)22-16(21)20(12-8-11-19(4)5)13-14-9-6-7-10-15(14)18/h6-7,9-10H,8,11-13,18H2,1-5H3. The van der Waals surface area contributed by atoms with Crippen LogP contribution in [-0.4, -0.2) is 48.7 Å². The maximum absolute atomic E-state index is 12.4. The average molecular weight is 307 g/mol. The second kappa shape index (κ2) is 8.03. The van der Waals surface area contributed by atoms with E-state index < -0.39 is 5.60 Å². The first kappa shape index (κ1) is 18.3. The molecule has 22 heavy (non-hydrogen) atoms. The summed E-state index contributed by atoms with van der Waals surface area (Å²) in [6.45, 7) is 7.65. The lowest BCUT2D eigenvalue weighted by atomic mass is 10.1. The number of anilines is 1. The molecule has 5 heteroatoms. The highest BCUT2D eigenvalue weighted by Gasteiger charge is 2.22. The van der Waals surface area contributed by atoms with Gasteiger partial charge in [0.2, 0.25) is 0 Å². The number of nitrogens with two attached hydrogens (primary N) is 1. The summed E-state index contributed by atoms with van der Waals surface area (Å²) in [5.74, 6) is 0. The lowest BCUT2D eigenvalue weighted by molar-refractivity contribution is 0.0229. The molecule has 0 bridgehead atoms. The molecule has 0 aliphatic carbocycles. The summed E-state index contributed by atoms with van der Waals surface area (Å²) >= 11 is 0. The molecule has 0 saturated heterocycles. The van der Waals surface area contributed by atoms with Crippen LogP contribution in [0.25, 0.3) is 0 Å². The first-order valence-electron chi connectivity index (χ1n) is 7.65. The number of ether oxygens (including phenoxy) is 1. The fraction of sp³-hybridized carbons (Fsp3) is 0.588. The molecule has 0 spiro atoms. The van der Waals surface area contributed by atoms with Gasteiger partial charge in [0, 0.05) is 12.2 Å². The van der Waals surface area contributed by atoms with E-state index in [4.69, 9.17) is 10.5 Å². The predicted molar refractivity (Wildman–Crippen MR) is 90.7 cm³/mol. The molecule has 1 aromatic carbocycles. The van der Waals surface area contributed by atoms with Crippen LogP contribution in [0.2, 0.25) is 0 Å². The quantitative estimate of drug-likeness (QED) is 0.821. The van der Waals surface area contributed by atoms with Gasteiger partial charge in [-0.05, 0) is 59.5 Å². The number of hydrogen-bond acceptors (Lipinski definition) is 4. The topological polar surface area (TPSA) is 58.8 Å². The van der Waals surface area contributed by atoms with Gasteiger partial charge in [0.15, 0.2) is 0 Å². The number of hydrogen-bond donors (Lipinski definition) is 1. The predicted octanol–water partition coefficient (Wildman–Crippen LogP) is 2.96. The van der Waals surface area contributed by atoms with Crippen molar-refractivity contribution < 1.29 is 9.53 Å². The molecule has 124 valence electrons. The third-order valence-electron chi connectivity index (χ3n) is 3.10. The lowest BCUT2D eigenvalue weighted by Gasteiger charge is -2.28. The van der Waals surface area contributed by atoms with Crippen LogP contribution in [0.4, 0.5) is 10.5 Å². The molecule has 0 aromatic heterocycles. The van der Waals surface area contributed by atoms with E-state index >= 15 is 0 Å². The minimum Gasteiger partial charge on any atom is -0.444 e. The van der Waals surface area contributed by atoms with Crippen molar-refractivity contribution >= 4 is 11.8 Å². The van der Waals surface area contributed by atoms with Crippen molar-refractivity contribution in [3.8, 4) is 0 Å². The van der Waals surface area contributed by atoms with Crippen molar-refractivity contribution in [3.63, 3.8) is 0 Å². The number of para-hydroxylation sites is 1. The third-order valence-corrected chi connectivity index (χ3v) is 3.10. The zero-order chi connectivity index (χ0) is 16.8. The van der Waals surface area contributed by atoms with Gasteiger partial charge in [-0.3, -0.25) is 0 Å². The van der Waals surface area contributed by atoms with Gasteiger partial charge in [0.1, 0.15) is 5.60 Å². The van der Waals surface area contributed by atoms with Crippen LogP contribution < -0.4 is 5.73 Å². The maximum atomic E-state index is 12.4. The molecular formula is C17H29N3O2. The van der Waals surface area contributed by atoms with Crippen LogP contribution in [0, 0.1) is 0 Å². The number of rotatable bonds is 6. The monoisotopic (exact) mass is 307 g/mol. The van der Waals surface area contributed by atoms with Gasteiger partial charge in [-0.2, -0.15) is 0 Å². The minimum absolute atomic E-state index is 0.297. The Bertz CT molecular complexity index is 481. The van der Waals surface area contributed by atoms with Crippen LogP contribution in [0.1, 0.15) is 32.8 Å². The van der Waals surface area contributed by atoms with Crippen molar-refractivity contribution in [1.82, 2.24) is 9.80 Å². The molecule has 0 unspecified atom stereocenters. The number of benzene rings is 1. The smallest absolute Gasteiger partial charge is 0.410 e. The molecule has 1 rings (SSSR count). The van der Waals surface area contributed by atoms with E-state index in [2.05, 4.69) is 4.90 Å². The normalized spacial score (nSPS) is 11.5. The number of nitrogen functional groups attached to an aromatic ring is 1. The highest BCUT2D eigenvalue weighted by molar-refractivity contribution is 5.68. The molecule has 0 aliphatic rings. The molecule has 0 heterocycles.